The van der Waals surface area contributed by atoms with Crippen molar-refractivity contribution in [1.82, 2.24) is 9.78 Å². The van der Waals surface area contributed by atoms with Crippen LogP contribution in [0.1, 0.15) is 17.4 Å². The van der Waals surface area contributed by atoms with E-state index in [0.29, 0.717) is 22.3 Å². The topological polar surface area (TPSA) is 46.9 Å². The number of nitrogens with zero attached hydrogens (tertiary/aromatic N) is 2. The third kappa shape index (κ3) is 3.21. The highest BCUT2D eigenvalue weighted by atomic mass is 35.5. The molecule has 1 aromatic carbocycles. The maximum atomic E-state index is 12.1. The number of anilines is 1. The second-order valence-corrected chi connectivity index (χ2v) is 5.01. The molecule has 0 aliphatic rings. The highest BCUT2D eigenvalue weighted by molar-refractivity contribution is 6.36. The van der Waals surface area contributed by atoms with Crippen molar-refractivity contribution < 1.29 is 4.79 Å². The van der Waals surface area contributed by atoms with Gasteiger partial charge in [-0.1, -0.05) is 34.8 Å². The number of amides is 1. The van der Waals surface area contributed by atoms with Crippen LogP contribution in [0.25, 0.3) is 0 Å². The normalized spacial score (nSPS) is 10.5. The second kappa shape index (κ2) is 5.82. The highest BCUT2D eigenvalue weighted by Crippen LogP contribution is 2.26. The monoisotopic (exact) mass is 317 g/mol. The Labute approximate surface area is 125 Å². The van der Waals surface area contributed by atoms with E-state index in [2.05, 4.69) is 10.4 Å². The van der Waals surface area contributed by atoms with Crippen LogP contribution < -0.4 is 5.32 Å². The predicted molar refractivity (Wildman–Crippen MR) is 77.3 cm³/mol. The number of benzene rings is 1. The van der Waals surface area contributed by atoms with Crippen molar-refractivity contribution >= 4 is 46.4 Å². The van der Waals surface area contributed by atoms with E-state index in [-0.39, 0.29) is 10.7 Å². The minimum Gasteiger partial charge on any atom is -0.319 e. The van der Waals surface area contributed by atoms with Crippen LogP contribution in [-0.4, -0.2) is 15.7 Å². The van der Waals surface area contributed by atoms with Gasteiger partial charge in [-0.2, -0.15) is 5.10 Å². The predicted octanol–water partition coefficient (Wildman–Crippen LogP) is 4.12. The molecule has 19 heavy (non-hydrogen) atoms. The Morgan fingerprint density at radius 1 is 1.32 bits per heavy atom. The van der Waals surface area contributed by atoms with E-state index in [1.165, 1.54) is 0 Å². The van der Waals surface area contributed by atoms with E-state index < -0.39 is 5.91 Å². The van der Waals surface area contributed by atoms with Gasteiger partial charge < -0.3 is 5.32 Å². The summed E-state index contributed by atoms with van der Waals surface area (Å²) in [7, 11) is 0. The van der Waals surface area contributed by atoms with Crippen LogP contribution in [0, 0.1) is 0 Å². The van der Waals surface area contributed by atoms with E-state index in [9.17, 15) is 4.79 Å². The maximum Gasteiger partial charge on any atom is 0.277 e. The molecule has 2 aromatic rings. The first kappa shape index (κ1) is 14.2. The van der Waals surface area contributed by atoms with E-state index in [1.54, 1.807) is 29.1 Å². The summed E-state index contributed by atoms with van der Waals surface area (Å²) in [5.41, 5.74) is 0.570. The largest absolute Gasteiger partial charge is 0.319 e. The summed E-state index contributed by atoms with van der Waals surface area (Å²) in [5, 5.41) is 7.86. The number of aryl methyl sites for hydroxylation is 1. The first-order chi connectivity index (χ1) is 9.01. The second-order valence-electron chi connectivity index (χ2n) is 3.76. The maximum absolute atomic E-state index is 12.1. The molecule has 2 rings (SSSR count). The zero-order valence-corrected chi connectivity index (χ0v) is 12.2. The highest BCUT2D eigenvalue weighted by Gasteiger charge is 2.16. The lowest BCUT2D eigenvalue weighted by Gasteiger charge is -2.06. The fourth-order valence-corrected chi connectivity index (χ4v) is 2.06. The van der Waals surface area contributed by atoms with Gasteiger partial charge in [0.25, 0.3) is 5.91 Å². The molecule has 7 heteroatoms. The number of hydrogen-bond acceptors (Lipinski definition) is 2. The lowest BCUT2D eigenvalue weighted by atomic mass is 10.3. The Morgan fingerprint density at radius 2 is 2.05 bits per heavy atom. The molecule has 0 fully saturated rings. The number of hydrogen-bond donors (Lipinski definition) is 1. The van der Waals surface area contributed by atoms with Crippen LogP contribution in [0.4, 0.5) is 5.69 Å². The number of nitrogens with one attached hydrogen (secondary N) is 1. The van der Waals surface area contributed by atoms with Crippen LogP contribution in [0.2, 0.25) is 15.1 Å². The lowest BCUT2D eigenvalue weighted by Crippen LogP contribution is -2.14. The van der Waals surface area contributed by atoms with E-state index in [4.69, 9.17) is 34.8 Å². The molecule has 1 heterocycles. The van der Waals surface area contributed by atoms with Crippen LogP contribution in [0.5, 0.6) is 0 Å². The van der Waals surface area contributed by atoms with Gasteiger partial charge in [0.1, 0.15) is 0 Å². The summed E-state index contributed by atoms with van der Waals surface area (Å²) < 4.78 is 1.58. The number of aromatic nitrogens is 2. The Balaban J connectivity index is 2.25. The molecule has 1 N–H and O–H groups in total. The first-order valence-electron chi connectivity index (χ1n) is 5.50. The summed E-state index contributed by atoms with van der Waals surface area (Å²) in [6.07, 6.45) is 1.59. The Morgan fingerprint density at radius 3 is 2.68 bits per heavy atom. The average molecular weight is 319 g/mol. The third-order valence-electron chi connectivity index (χ3n) is 2.43. The van der Waals surface area contributed by atoms with Crippen LogP contribution >= 0.6 is 34.8 Å². The molecule has 4 nitrogen and oxygen atoms in total. The summed E-state index contributed by atoms with van der Waals surface area (Å²) >= 11 is 17.8. The van der Waals surface area contributed by atoms with Gasteiger partial charge in [-0.3, -0.25) is 9.48 Å². The van der Waals surface area contributed by atoms with Gasteiger partial charge in [-0.05, 0) is 25.1 Å². The molecule has 0 saturated heterocycles. The summed E-state index contributed by atoms with van der Waals surface area (Å²) in [6.45, 7) is 2.53. The molecule has 0 bridgehead atoms. The van der Waals surface area contributed by atoms with E-state index in [1.807, 2.05) is 6.92 Å². The fraction of sp³-hybridized carbons (Fsp3) is 0.167. The van der Waals surface area contributed by atoms with Crippen molar-refractivity contribution in [1.29, 1.82) is 0 Å². The Kier molecular flexibility index (Phi) is 4.34. The first-order valence-corrected chi connectivity index (χ1v) is 6.64. The number of carbonyl (C=O) groups excluding carboxylic acids is 1. The van der Waals surface area contributed by atoms with Crippen molar-refractivity contribution in [2.45, 2.75) is 13.5 Å². The summed E-state index contributed by atoms with van der Waals surface area (Å²) in [6, 6.07) is 4.80. The van der Waals surface area contributed by atoms with Crippen LogP contribution in [-0.2, 0) is 6.54 Å². The number of rotatable bonds is 3. The van der Waals surface area contributed by atoms with Crippen molar-refractivity contribution in [3.63, 3.8) is 0 Å². The van der Waals surface area contributed by atoms with Crippen LogP contribution in [0.15, 0.2) is 24.4 Å². The molecular weight excluding hydrogens is 309 g/mol. The molecule has 0 aliphatic carbocycles. The van der Waals surface area contributed by atoms with Crippen LogP contribution in [0.3, 0.4) is 0 Å². The molecule has 1 amide bonds. The molecular formula is C12H10Cl3N3O. The van der Waals surface area contributed by atoms with Gasteiger partial charge in [0, 0.05) is 17.8 Å². The smallest absolute Gasteiger partial charge is 0.277 e. The third-order valence-corrected chi connectivity index (χ3v) is 3.27. The molecule has 1 aromatic heterocycles. The molecule has 0 saturated carbocycles. The van der Waals surface area contributed by atoms with E-state index >= 15 is 0 Å². The number of carbonyl (C=O) groups is 1. The molecule has 0 atom stereocenters. The number of halogens is 3. The van der Waals surface area contributed by atoms with Crippen molar-refractivity contribution in [2.24, 2.45) is 0 Å². The minimum atomic E-state index is -0.429. The van der Waals surface area contributed by atoms with Crippen molar-refractivity contribution in [3.8, 4) is 0 Å². The van der Waals surface area contributed by atoms with Gasteiger partial charge in [0.2, 0.25) is 0 Å². The molecule has 0 aliphatic heterocycles. The zero-order chi connectivity index (χ0) is 14.0. The zero-order valence-electron chi connectivity index (χ0n) is 9.95. The average Bonchev–Trinajstić information content (AvgIpc) is 2.75. The van der Waals surface area contributed by atoms with Gasteiger partial charge in [-0.25, -0.2) is 0 Å². The minimum absolute atomic E-state index is 0.152. The van der Waals surface area contributed by atoms with Gasteiger partial charge >= 0.3 is 0 Å². The Hall–Kier alpha value is -1.23. The summed E-state index contributed by atoms with van der Waals surface area (Å²) in [4.78, 5) is 12.1. The quantitative estimate of drug-likeness (QED) is 0.925. The SMILES string of the molecule is CCn1cc(Cl)c(C(=O)Nc2cc(Cl)ccc2Cl)n1. The molecule has 0 spiro atoms. The van der Waals surface area contributed by atoms with Gasteiger partial charge in [0.15, 0.2) is 5.69 Å². The lowest BCUT2D eigenvalue weighted by molar-refractivity contribution is 0.102. The van der Waals surface area contributed by atoms with E-state index in [0.717, 1.165) is 0 Å². The van der Waals surface area contributed by atoms with Crippen molar-refractivity contribution in [3.05, 3.63) is 45.2 Å². The summed E-state index contributed by atoms with van der Waals surface area (Å²) in [5.74, 6) is -0.429. The van der Waals surface area contributed by atoms with Gasteiger partial charge in [-0.15, -0.1) is 0 Å². The van der Waals surface area contributed by atoms with Gasteiger partial charge in [0.05, 0.1) is 15.7 Å². The molecule has 0 radical (unpaired) electrons. The fourth-order valence-electron chi connectivity index (χ4n) is 1.49. The van der Waals surface area contributed by atoms with Crippen molar-refractivity contribution in [2.75, 3.05) is 5.32 Å². The molecule has 100 valence electrons. The standard InChI is InChI=1S/C12H10Cl3N3O/c1-2-18-6-9(15)11(17-18)12(19)16-10-5-7(13)3-4-8(10)14/h3-6H,2H2,1H3,(H,16,19). The molecule has 0 unspecified atom stereocenters. The Bertz CT molecular complexity index is 625.